The van der Waals surface area contributed by atoms with Gasteiger partial charge in [-0.05, 0) is 79.4 Å². The van der Waals surface area contributed by atoms with Crippen molar-refractivity contribution in [2.45, 2.75) is 32.4 Å². The van der Waals surface area contributed by atoms with Gasteiger partial charge in [-0.2, -0.15) is 0 Å². The normalized spacial score (nSPS) is 15.3. The number of hydrogen-bond acceptors (Lipinski definition) is 4. The number of carbonyl (C=O) groups is 2. The van der Waals surface area contributed by atoms with Crippen molar-refractivity contribution in [3.63, 3.8) is 0 Å². The fourth-order valence-electron chi connectivity index (χ4n) is 4.51. The van der Waals surface area contributed by atoms with Crippen molar-refractivity contribution in [2.75, 3.05) is 13.2 Å². The van der Waals surface area contributed by atoms with Gasteiger partial charge < -0.3 is 19.9 Å². The zero-order valence-electron chi connectivity index (χ0n) is 19.5. The van der Waals surface area contributed by atoms with Crippen molar-refractivity contribution in [2.24, 2.45) is 0 Å². The third kappa shape index (κ3) is 4.37. The summed E-state index contributed by atoms with van der Waals surface area (Å²) in [6.07, 6.45) is 2.08. The maximum atomic E-state index is 13.3. The zero-order valence-corrected chi connectivity index (χ0v) is 19.5. The third-order valence-electron chi connectivity index (χ3n) is 6.57. The number of nitrogens with zero attached hydrogens (tertiary/aromatic N) is 2. The standard InChI is InChI=1S/C28H26N4O3/c1-17-29-24-10-6-21(15-25(24)30-17)20-7-11-26-22(14-20)16-32(12-13-35-26)28(34)19-4-2-18(3-5-19)27(33)31-23-8-9-23/h2-7,10-11,14-15,23H,8-9,12-13,16H2,1H3,(H,29,30)(H,31,33). The molecule has 2 amide bonds. The summed E-state index contributed by atoms with van der Waals surface area (Å²) in [4.78, 5) is 35.1. The first-order chi connectivity index (χ1) is 17.0. The molecule has 0 saturated heterocycles. The molecule has 0 radical (unpaired) electrons. The summed E-state index contributed by atoms with van der Waals surface area (Å²) < 4.78 is 5.96. The lowest BCUT2D eigenvalue weighted by molar-refractivity contribution is 0.0732. The van der Waals surface area contributed by atoms with E-state index in [1.165, 1.54) is 0 Å². The molecule has 7 nitrogen and oxygen atoms in total. The molecule has 35 heavy (non-hydrogen) atoms. The highest BCUT2D eigenvalue weighted by Crippen LogP contribution is 2.31. The highest BCUT2D eigenvalue weighted by Gasteiger charge is 2.25. The first-order valence-corrected chi connectivity index (χ1v) is 12.0. The van der Waals surface area contributed by atoms with Crippen LogP contribution in [0.4, 0.5) is 0 Å². The molecule has 6 rings (SSSR count). The van der Waals surface area contributed by atoms with Crippen molar-refractivity contribution in [3.8, 4) is 16.9 Å². The minimum Gasteiger partial charge on any atom is -0.491 e. The average Bonchev–Trinajstić information content (AvgIpc) is 3.64. The summed E-state index contributed by atoms with van der Waals surface area (Å²) in [5.41, 5.74) is 6.18. The van der Waals surface area contributed by atoms with Crippen molar-refractivity contribution in [1.82, 2.24) is 20.2 Å². The van der Waals surface area contributed by atoms with Crippen LogP contribution in [0.1, 0.15) is 44.9 Å². The molecular weight excluding hydrogens is 440 g/mol. The largest absolute Gasteiger partial charge is 0.491 e. The third-order valence-corrected chi connectivity index (χ3v) is 6.57. The van der Waals surface area contributed by atoms with Crippen LogP contribution in [0.5, 0.6) is 5.75 Å². The van der Waals surface area contributed by atoms with Crippen LogP contribution in [0, 0.1) is 6.92 Å². The number of aromatic nitrogens is 2. The van der Waals surface area contributed by atoms with Crippen LogP contribution in [0.3, 0.4) is 0 Å². The lowest BCUT2D eigenvalue weighted by Crippen LogP contribution is -2.32. The molecule has 0 atom stereocenters. The van der Waals surface area contributed by atoms with E-state index in [-0.39, 0.29) is 11.8 Å². The Morgan fingerprint density at radius 2 is 1.74 bits per heavy atom. The molecule has 2 aliphatic rings. The summed E-state index contributed by atoms with van der Waals surface area (Å²) >= 11 is 0. The molecule has 3 aromatic carbocycles. The number of hydrogen-bond donors (Lipinski definition) is 2. The lowest BCUT2D eigenvalue weighted by Gasteiger charge is -2.20. The van der Waals surface area contributed by atoms with Crippen molar-refractivity contribution in [3.05, 3.63) is 83.2 Å². The van der Waals surface area contributed by atoms with E-state index < -0.39 is 0 Å². The molecule has 2 N–H and O–H groups in total. The number of benzene rings is 3. The molecule has 1 aromatic heterocycles. The van der Waals surface area contributed by atoms with Gasteiger partial charge in [-0.15, -0.1) is 0 Å². The number of ether oxygens (including phenoxy) is 1. The predicted octanol–water partition coefficient (Wildman–Crippen LogP) is 4.47. The van der Waals surface area contributed by atoms with Crippen LogP contribution in [0.15, 0.2) is 60.7 Å². The maximum Gasteiger partial charge on any atom is 0.254 e. The van der Waals surface area contributed by atoms with Gasteiger partial charge in [0.1, 0.15) is 18.2 Å². The van der Waals surface area contributed by atoms with Gasteiger partial charge in [-0.3, -0.25) is 9.59 Å². The van der Waals surface area contributed by atoms with E-state index in [1.807, 2.05) is 25.1 Å². The Bertz CT molecular complexity index is 1440. The second-order valence-electron chi connectivity index (χ2n) is 9.28. The topological polar surface area (TPSA) is 87.3 Å². The summed E-state index contributed by atoms with van der Waals surface area (Å²) in [5, 5.41) is 2.97. The molecule has 1 aliphatic heterocycles. The van der Waals surface area contributed by atoms with Crippen molar-refractivity contribution >= 4 is 22.8 Å². The van der Waals surface area contributed by atoms with Gasteiger partial charge in [-0.25, -0.2) is 4.98 Å². The van der Waals surface area contributed by atoms with Gasteiger partial charge in [0.25, 0.3) is 11.8 Å². The van der Waals surface area contributed by atoms with E-state index >= 15 is 0 Å². The number of rotatable bonds is 4. The predicted molar refractivity (Wildman–Crippen MR) is 133 cm³/mol. The fraction of sp³-hybridized carbons (Fsp3) is 0.250. The summed E-state index contributed by atoms with van der Waals surface area (Å²) in [6, 6.07) is 19.5. The van der Waals surface area contributed by atoms with Gasteiger partial charge in [-0.1, -0.05) is 12.1 Å². The van der Waals surface area contributed by atoms with Crippen LogP contribution in [0.2, 0.25) is 0 Å². The van der Waals surface area contributed by atoms with Crippen molar-refractivity contribution in [1.29, 1.82) is 0 Å². The minimum atomic E-state index is -0.0837. The molecule has 1 saturated carbocycles. The minimum absolute atomic E-state index is 0.0737. The van der Waals surface area contributed by atoms with Gasteiger partial charge in [0.15, 0.2) is 0 Å². The molecule has 4 aromatic rings. The number of aromatic amines is 1. The smallest absolute Gasteiger partial charge is 0.254 e. The maximum absolute atomic E-state index is 13.3. The Kier molecular flexibility index (Phi) is 5.25. The van der Waals surface area contributed by atoms with Gasteiger partial charge in [0, 0.05) is 29.3 Å². The van der Waals surface area contributed by atoms with Gasteiger partial charge in [0.2, 0.25) is 0 Å². The number of nitrogens with one attached hydrogen (secondary N) is 2. The van der Waals surface area contributed by atoms with E-state index in [0.717, 1.165) is 52.1 Å². The lowest BCUT2D eigenvalue weighted by atomic mass is 10.0. The van der Waals surface area contributed by atoms with Crippen LogP contribution < -0.4 is 10.1 Å². The Labute approximate surface area is 203 Å². The van der Waals surface area contributed by atoms with Crippen LogP contribution in [0.25, 0.3) is 22.2 Å². The Morgan fingerprint density at radius 3 is 2.54 bits per heavy atom. The van der Waals surface area contributed by atoms with E-state index in [4.69, 9.17) is 4.74 Å². The molecule has 176 valence electrons. The number of H-pyrrole nitrogens is 1. The zero-order chi connectivity index (χ0) is 23.9. The summed E-state index contributed by atoms with van der Waals surface area (Å²) in [7, 11) is 0. The number of aryl methyl sites for hydroxylation is 1. The van der Waals surface area contributed by atoms with Gasteiger partial charge in [0.05, 0.1) is 17.6 Å². The second kappa shape index (κ2) is 8.58. The molecule has 7 heteroatoms. The first-order valence-electron chi connectivity index (χ1n) is 12.0. The second-order valence-corrected chi connectivity index (χ2v) is 9.28. The number of imidazole rings is 1. The quantitative estimate of drug-likeness (QED) is 0.465. The van der Waals surface area contributed by atoms with E-state index in [2.05, 4.69) is 33.5 Å². The summed E-state index contributed by atoms with van der Waals surface area (Å²) in [5.74, 6) is 1.53. The molecule has 0 unspecified atom stereocenters. The number of fused-ring (bicyclic) bond motifs is 2. The number of amides is 2. The molecule has 1 fully saturated rings. The molecular formula is C28H26N4O3. The molecule has 2 heterocycles. The van der Waals surface area contributed by atoms with Crippen molar-refractivity contribution < 1.29 is 14.3 Å². The van der Waals surface area contributed by atoms with Crippen LogP contribution >= 0.6 is 0 Å². The van der Waals surface area contributed by atoms with E-state index in [0.29, 0.717) is 36.9 Å². The van der Waals surface area contributed by atoms with E-state index in [1.54, 1.807) is 29.2 Å². The highest BCUT2D eigenvalue weighted by atomic mass is 16.5. The molecule has 1 aliphatic carbocycles. The highest BCUT2D eigenvalue weighted by molar-refractivity contribution is 5.98. The van der Waals surface area contributed by atoms with Gasteiger partial charge >= 0.3 is 0 Å². The number of carbonyl (C=O) groups excluding carboxylic acids is 2. The van der Waals surface area contributed by atoms with Crippen LogP contribution in [-0.2, 0) is 6.54 Å². The Balaban J connectivity index is 1.22. The summed E-state index contributed by atoms with van der Waals surface area (Å²) in [6.45, 7) is 3.32. The molecule has 0 spiro atoms. The fourth-order valence-corrected chi connectivity index (χ4v) is 4.51. The Morgan fingerprint density at radius 1 is 1.00 bits per heavy atom. The van der Waals surface area contributed by atoms with Crippen LogP contribution in [-0.4, -0.2) is 45.9 Å². The average molecular weight is 467 g/mol. The van der Waals surface area contributed by atoms with E-state index in [9.17, 15) is 9.59 Å². The SMILES string of the molecule is Cc1nc2ccc(-c3ccc4c(c3)CN(C(=O)c3ccc(C(=O)NC5CC5)cc3)CCO4)cc2[nH]1. The molecule has 0 bridgehead atoms. The monoisotopic (exact) mass is 466 g/mol. The Hall–Kier alpha value is -4.13. The first kappa shape index (κ1) is 21.4.